The lowest BCUT2D eigenvalue weighted by atomic mass is 9.73. The first kappa shape index (κ1) is 13.6. The second-order valence-corrected chi connectivity index (χ2v) is 6.21. The van der Waals surface area contributed by atoms with Crippen molar-refractivity contribution in [1.29, 1.82) is 0 Å². The molecule has 1 saturated carbocycles. The Balaban J connectivity index is 2.05. The van der Waals surface area contributed by atoms with E-state index < -0.39 is 0 Å². The van der Waals surface area contributed by atoms with Gasteiger partial charge in [-0.25, -0.2) is 0 Å². The normalized spacial score (nSPS) is 24.6. The first-order valence-electron chi connectivity index (χ1n) is 6.83. The fraction of sp³-hybridized carbons (Fsp3) is 0.562. The van der Waals surface area contributed by atoms with E-state index in [0.717, 1.165) is 30.7 Å². The molecule has 1 aromatic rings. The van der Waals surface area contributed by atoms with Crippen molar-refractivity contribution >= 4 is 17.4 Å². The number of ketones is 1. The molecule has 0 aliphatic heterocycles. The fourth-order valence-electron chi connectivity index (χ4n) is 2.90. The number of carbonyl (C=O) groups is 1. The zero-order valence-electron chi connectivity index (χ0n) is 11.2. The molecule has 18 heavy (non-hydrogen) atoms. The maximum absolute atomic E-state index is 12.0. The van der Waals surface area contributed by atoms with E-state index in [4.69, 9.17) is 11.6 Å². The Bertz CT molecular complexity index is 425. The number of halogens is 1. The van der Waals surface area contributed by atoms with Crippen molar-refractivity contribution in [1.82, 2.24) is 0 Å². The molecule has 0 aromatic heterocycles. The molecule has 98 valence electrons. The number of benzene rings is 1. The van der Waals surface area contributed by atoms with Crippen LogP contribution in [0.2, 0.25) is 5.02 Å². The van der Waals surface area contributed by atoms with Crippen LogP contribution < -0.4 is 0 Å². The Hall–Kier alpha value is -0.820. The van der Waals surface area contributed by atoms with E-state index in [1.165, 1.54) is 5.56 Å². The molecule has 1 fully saturated rings. The summed E-state index contributed by atoms with van der Waals surface area (Å²) in [5.41, 5.74) is 1.19. The highest BCUT2D eigenvalue weighted by Crippen LogP contribution is 2.33. The van der Waals surface area contributed by atoms with Crippen LogP contribution >= 0.6 is 11.6 Å². The molecule has 0 bridgehead atoms. The number of hydrogen-bond donors (Lipinski definition) is 0. The van der Waals surface area contributed by atoms with E-state index >= 15 is 0 Å². The minimum absolute atomic E-state index is 0.199. The van der Waals surface area contributed by atoms with Crippen LogP contribution in [0.25, 0.3) is 0 Å². The minimum atomic E-state index is 0.199. The van der Waals surface area contributed by atoms with Crippen LogP contribution in [-0.2, 0) is 11.2 Å². The molecule has 1 aromatic carbocycles. The van der Waals surface area contributed by atoms with Gasteiger partial charge in [0.25, 0.3) is 0 Å². The summed E-state index contributed by atoms with van der Waals surface area (Å²) < 4.78 is 0. The summed E-state index contributed by atoms with van der Waals surface area (Å²) in [6.45, 7) is 4.52. The zero-order chi connectivity index (χ0) is 13.1. The predicted octanol–water partition coefficient (Wildman–Crippen LogP) is 4.52. The second-order valence-electron chi connectivity index (χ2n) is 5.78. The Kier molecular flexibility index (Phi) is 4.45. The van der Waals surface area contributed by atoms with Crippen LogP contribution in [0.1, 0.15) is 38.7 Å². The van der Waals surface area contributed by atoms with Gasteiger partial charge in [0.15, 0.2) is 0 Å². The van der Waals surface area contributed by atoms with Crippen LogP contribution in [0.15, 0.2) is 24.3 Å². The SMILES string of the molecule is CC(C)C1CCC(=O)C(Cc2cccc(Cl)c2)C1. The van der Waals surface area contributed by atoms with Crippen molar-refractivity contribution in [3.63, 3.8) is 0 Å². The van der Waals surface area contributed by atoms with E-state index in [1.54, 1.807) is 0 Å². The van der Waals surface area contributed by atoms with Gasteiger partial charge in [0.1, 0.15) is 5.78 Å². The quantitative estimate of drug-likeness (QED) is 0.784. The smallest absolute Gasteiger partial charge is 0.136 e. The number of rotatable bonds is 3. The molecule has 0 amide bonds. The standard InChI is InChI=1S/C16H21ClO/c1-11(2)13-6-7-16(18)14(10-13)8-12-4-3-5-15(17)9-12/h3-5,9,11,13-14H,6-8,10H2,1-2H3. The molecule has 0 radical (unpaired) electrons. The summed E-state index contributed by atoms with van der Waals surface area (Å²) in [6.07, 6.45) is 3.72. The number of carbonyl (C=O) groups excluding carboxylic acids is 1. The summed E-state index contributed by atoms with van der Waals surface area (Å²) in [4.78, 5) is 12.0. The maximum atomic E-state index is 12.0. The molecule has 1 aliphatic rings. The van der Waals surface area contributed by atoms with Crippen LogP contribution in [-0.4, -0.2) is 5.78 Å². The number of hydrogen-bond acceptors (Lipinski definition) is 1. The van der Waals surface area contributed by atoms with E-state index in [1.807, 2.05) is 18.2 Å². The van der Waals surface area contributed by atoms with Crippen molar-refractivity contribution in [2.75, 3.05) is 0 Å². The zero-order valence-corrected chi connectivity index (χ0v) is 11.9. The van der Waals surface area contributed by atoms with Gasteiger partial charge in [-0.1, -0.05) is 37.6 Å². The van der Waals surface area contributed by atoms with Crippen molar-refractivity contribution in [2.45, 2.75) is 39.5 Å². The van der Waals surface area contributed by atoms with Gasteiger partial charge < -0.3 is 0 Å². The highest BCUT2D eigenvalue weighted by atomic mass is 35.5. The van der Waals surface area contributed by atoms with Crippen LogP contribution in [0, 0.1) is 17.8 Å². The molecule has 2 rings (SSSR count). The molecular weight excluding hydrogens is 244 g/mol. The van der Waals surface area contributed by atoms with Gasteiger partial charge in [-0.2, -0.15) is 0 Å². The number of Topliss-reactive ketones (excluding diaryl/α,β-unsaturated/α-hetero) is 1. The average Bonchev–Trinajstić information content (AvgIpc) is 2.31. The minimum Gasteiger partial charge on any atom is -0.299 e. The highest BCUT2D eigenvalue weighted by molar-refractivity contribution is 6.30. The lowest BCUT2D eigenvalue weighted by Crippen LogP contribution is -2.28. The van der Waals surface area contributed by atoms with Gasteiger partial charge in [0, 0.05) is 17.4 Å². The van der Waals surface area contributed by atoms with Crippen molar-refractivity contribution in [3.05, 3.63) is 34.9 Å². The van der Waals surface area contributed by atoms with E-state index in [0.29, 0.717) is 17.6 Å². The third-order valence-electron chi connectivity index (χ3n) is 4.12. The molecule has 2 atom stereocenters. The fourth-order valence-corrected chi connectivity index (χ4v) is 3.11. The van der Waals surface area contributed by atoms with Gasteiger partial charge >= 0.3 is 0 Å². The van der Waals surface area contributed by atoms with E-state index in [9.17, 15) is 4.79 Å². The van der Waals surface area contributed by atoms with Gasteiger partial charge in [-0.05, 0) is 48.8 Å². The third kappa shape index (κ3) is 3.35. The summed E-state index contributed by atoms with van der Waals surface area (Å²) >= 11 is 5.99. The molecule has 0 spiro atoms. The summed E-state index contributed by atoms with van der Waals surface area (Å²) in [5, 5.41) is 0.760. The third-order valence-corrected chi connectivity index (χ3v) is 4.35. The molecule has 2 unspecified atom stereocenters. The Labute approximate surface area is 115 Å². The molecule has 1 nitrogen and oxygen atoms in total. The lowest BCUT2D eigenvalue weighted by Gasteiger charge is -2.30. The molecule has 2 heteroatoms. The van der Waals surface area contributed by atoms with Crippen molar-refractivity contribution in [3.8, 4) is 0 Å². The largest absolute Gasteiger partial charge is 0.299 e. The highest BCUT2D eigenvalue weighted by Gasteiger charge is 2.30. The summed E-state index contributed by atoms with van der Waals surface area (Å²) in [6, 6.07) is 7.89. The second kappa shape index (κ2) is 5.88. The predicted molar refractivity (Wildman–Crippen MR) is 75.8 cm³/mol. The lowest BCUT2D eigenvalue weighted by molar-refractivity contribution is -0.125. The van der Waals surface area contributed by atoms with Crippen molar-refractivity contribution in [2.24, 2.45) is 17.8 Å². The first-order valence-corrected chi connectivity index (χ1v) is 7.21. The van der Waals surface area contributed by atoms with Gasteiger partial charge in [0.2, 0.25) is 0 Å². The summed E-state index contributed by atoms with van der Waals surface area (Å²) in [5.74, 6) is 2.02. The molecule has 0 saturated heterocycles. The molecule has 0 N–H and O–H groups in total. The average molecular weight is 265 g/mol. The van der Waals surface area contributed by atoms with Crippen LogP contribution in [0.3, 0.4) is 0 Å². The Morgan fingerprint density at radius 2 is 2.17 bits per heavy atom. The van der Waals surface area contributed by atoms with E-state index in [2.05, 4.69) is 19.9 Å². The Morgan fingerprint density at radius 3 is 2.83 bits per heavy atom. The summed E-state index contributed by atoms with van der Waals surface area (Å²) in [7, 11) is 0. The maximum Gasteiger partial charge on any atom is 0.136 e. The van der Waals surface area contributed by atoms with Gasteiger partial charge in [0.05, 0.1) is 0 Å². The monoisotopic (exact) mass is 264 g/mol. The Morgan fingerprint density at radius 1 is 1.39 bits per heavy atom. The topological polar surface area (TPSA) is 17.1 Å². The molecule has 1 aliphatic carbocycles. The van der Waals surface area contributed by atoms with Crippen molar-refractivity contribution < 1.29 is 4.79 Å². The molecular formula is C16H21ClO. The van der Waals surface area contributed by atoms with Crippen LogP contribution in [0.5, 0.6) is 0 Å². The van der Waals surface area contributed by atoms with Gasteiger partial charge in [-0.15, -0.1) is 0 Å². The van der Waals surface area contributed by atoms with Crippen LogP contribution in [0.4, 0.5) is 0 Å². The first-order chi connectivity index (χ1) is 8.56. The van der Waals surface area contributed by atoms with Gasteiger partial charge in [-0.3, -0.25) is 4.79 Å². The van der Waals surface area contributed by atoms with E-state index in [-0.39, 0.29) is 5.92 Å². The molecule has 0 heterocycles.